The molecule has 0 saturated carbocycles. The third-order valence-electron chi connectivity index (χ3n) is 4.37. The summed E-state index contributed by atoms with van der Waals surface area (Å²) in [5.74, 6) is 0.942. The number of nitrogens with one attached hydrogen (secondary N) is 2. The summed E-state index contributed by atoms with van der Waals surface area (Å²) >= 11 is 5.29. The molecule has 29 heavy (non-hydrogen) atoms. The Morgan fingerprint density at radius 1 is 1.21 bits per heavy atom. The van der Waals surface area contributed by atoms with E-state index in [0.717, 1.165) is 37.3 Å². The van der Waals surface area contributed by atoms with E-state index in [1.165, 1.54) is 0 Å². The Hall–Kier alpha value is -2.64. The maximum absolute atomic E-state index is 12.6. The summed E-state index contributed by atoms with van der Waals surface area (Å²) in [6.07, 6.45) is 3.12. The molecule has 2 aromatic carbocycles. The molecular weight excluding hydrogens is 388 g/mol. The van der Waals surface area contributed by atoms with Crippen LogP contribution in [-0.2, 0) is 4.74 Å². The summed E-state index contributed by atoms with van der Waals surface area (Å²) in [4.78, 5) is 12.6. The number of carbonyl (C=O) groups excluding carboxylic acids is 1. The molecular formula is C22H26N2O4S. The molecule has 1 saturated heterocycles. The zero-order valence-electron chi connectivity index (χ0n) is 16.5. The van der Waals surface area contributed by atoms with E-state index in [-0.39, 0.29) is 17.1 Å². The number of ether oxygens (including phenoxy) is 3. The molecule has 154 valence electrons. The number of hydrogen-bond acceptors (Lipinski definition) is 5. The van der Waals surface area contributed by atoms with Crippen LogP contribution < -0.4 is 20.1 Å². The number of amides is 1. The van der Waals surface area contributed by atoms with Crippen LogP contribution in [0.2, 0.25) is 0 Å². The number of carbonyl (C=O) groups is 1. The molecule has 2 N–H and O–H groups in total. The van der Waals surface area contributed by atoms with Crippen LogP contribution in [0.1, 0.15) is 36.5 Å². The number of anilines is 1. The third-order valence-corrected chi connectivity index (χ3v) is 4.58. The lowest BCUT2D eigenvalue weighted by molar-refractivity contribution is 0.0680. The van der Waals surface area contributed by atoms with Crippen molar-refractivity contribution in [2.24, 2.45) is 0 Å². The van der Waals surface area contributed by atoms with Gasteiger partial charge in [0.2, 0.25) is 0 Å². The summed E-state index contributed by atoms with van der Waals surface area (Å²) in [5.41, 5.74) is 1.18. The molecule has 2 aromatic rings. The van der Waals surface area contributed by atoms with Gasteiger partial charge in [0.1, 0.15) is 18.1 Å². The van der Waals surface area contributed by atoms with Crippen LogP contribution in [0.15, 0.2) is 48.5 Å². The Morgan fingerprint density at radius 2 is 2.07 bits per heavy atom. The van der Waals surface area contributed by atoms with E-state index in [4.69, 9.17) is 26.4 Å². The minimum Gasteiger partial charge on any atom is -0.493 e. The second-order valence-corrected chi connectivity index (χ2v) is 7.13. The van der Waals surface area contributed by atoms with Crippen LogP contribution in [0.5, 0.6) is 11.5 Å². The van der Waals surface area contributed by atoms with E-state index in [1.807, 2.05) is 37.3 Å². The van der Waals surface area contributed by atoms with Gasteiger partial charge >= 0.3 is 0 Å². The normalized spacial score (nSPS) is 15.6. The van der Waals surface area contributed by atoms with Crippen LogP contribution >= 0.6 is 12.2 Å². The van der Waals surface area contributed by atoms with Crippen molar-refractivity contribution in [2.75, 3.05) is 25.1 Å². The van der Waals surface area contributed by atoms with Gasteiger partial charge in [-0.15, -0.1) is 0 Å². The highest BCUT2D eigenvalue weighted by Gasteiger charge is 2.16. The Balaban J connectivity index is 1.55. The number of hydrogen-bond donors (Lipinski definition) is 2. The van der Waals surface area contributed by atoms with Crippen molar-refractivity contribution < 1.29 is 19.0 Å². The van der Waals surface area contributed by atoms with E-state index < -0.39 is 0 Å². The summed E-state index contributed by atoms with van der Waals surface area (Å²) in [5, 5.41) is 5.92. The molecule has 0 aromatic heterocycles. The van der Waals surface area contributed by atoms with Gasteiger partial charge in [0.05, 0.1) is 18.3 Å². The zero-order valence-corrected chi connectivity index (χ0v) is 17.3. The maximum Gasteiger partial charge on any atom is 0.261 e. The first-order chi connectivity index (χ1) is 14.2. The molecule has 1 amide bonds. The number of benzene rings is 2. The molecule has 1 aliphatic heterocycles. The van der Waals surface area contributed by atoms with Gasteiger partial charge in [0, 0.05) is 18.4 Å². The van der Waals surface area contributed by atoms with Gasteiger partial charge in [-0.1, -0.05) is 25.1 Å². The molecule has 1 heterocycles. The second kappa shape index (κ2) is 10.8. The molecule has 0 radical (unpaired) electrons. The number of para-hydroxylation sites is 1. The zero-order chi connectivity index (χ0) is 20.5. The largest absolute Gasteiger partial charge is 0.493 e. The first kappa shape index (κ1) is 21.1. The van der Waals surface area contributed by atoms with E-state index in [0.29, 0.717) is 24.5 Å². The molecule has 1 unspecified atom stereocenters. The lowest BCUT2D eigenvalue weighted by Gasteiger charge is -2.14. The third kappa shape index (κ3) is 6.44. The molecule has 1 aliphatic rings. The van der Waals surface area contributed by atoms with Gasteiger partial charge < -0.3 is 19.5 Å². The van der Waals surface area contributed by atoms with Crippen molar-refractivity contribution >= 4 is 28.9 Å². The number of rotatable bonds is 8. The lowest BCUT2D eigenvalue weighted by atomic mass is 10.2. The average molecular weight is 415 g/mol. The highest BCUT2D eigenvalue weighted by Crippen LogP contribution is 2.20. The molecule has 0 aliphatic carbocycles. The molecule has 6 nitrogen and oxygen atoms in total. The fourth-order valence-corrected chi connectivity index (χ4v) is 3.16. The van der Waals surface area contributed by atoms with Gasteiger partial charge in [-0.2, -0.15) is 0 Å². The SMILES string of the molecule is CCCOc1ccccc1C(=O)NC(=S)Nc1cccc(OCC2CCCO2)c1. The van der Waals surface area contributed by atoms with Crippen LogP contribution in [-0.4, -0.2) is 36.9 Å². The number of thiocarbonyl (C=S) groups is 1. The van der Waals surface area contributed by atoms with E-state index in [9.17, 15) is 4.79 Å². The molecule has 3 rings (SSSR count). The van der Waals surface area contributed by atoms with Gasteiger partial charge in [0.25, 0.3) is 5.91 Å². The first-order valence-electron chi connectivity index (χ1n) is 9.84. The average Bonchev–Trinajstić information content (AvgIpc) is 3.25. The monoisotopic (exact) mass is 414 g/mol. The van der Waals surface area contributed by atoms with Gasteiger partial charge in [-0.05, 0) is 55.7 Å². The fourth-order valence-electron chi connectivity index (χ4n) is 2.95. The minimum atomic E-state index is -0.319. The van der Waals surface area contributed by atoms with Gasteiger partial charge in [0.15, 0.2) is 5.11 Å². The highest BCUT2D eigenvalue weighted by atomic mass is 32.1. The summed E-state index contributed by atoms with van der Waals surface area (Å²) in [7, 11) is 0. The van der Waals surface area contributed by atoms with E-state index >= 15 is 0 Å². The van der Waals surface area contributed by atoms with Crippen molar-refractivity contribution in [1.29, 1.82) is 0 Å². The van der Waals surface area contributed by atoms with Crippen molar-refractivity contribution in [2.45, 2.75) is 32.3 Å². The van der Waals surface area contributed by atoms with Crippen molar-refractivity contribution in [3.8, 4) is 11.5 Å². The second-order valence-electron chi connectivity index (χ2n) is 6.73. The van der Waals surface area contributed by atoms with Crippen LogP contribution in [0.4, 0.5) is 5.69 Å². The maximum atomic E-state index is 12.6. The highest BCUT2D eigenvalue weighted by molar-refractivity contribution is 7.80. The summed E-state index contributed by atoms with van der Waals surface area (Å²) in [6, 6.07) is 14.5. The lowest BCUT2D eigenvalue weighted by Crippen LogP contribution is -2.34. The molecule has 1 fully saturated rings. The summed E-state index contributed by atoms with van der Waals surface area (Å²) < 4.78 is 17.0. The molecule has 0 spiro atoms. The van der Waals surface area contributed by atoms with Crippen molar-refractivity contribution in [1.82, 2.24) is 5.32 Å². The predicted molar refractivity (Wildman–Crippen MR) is 117 cm³/mol. The standard InChI is InChI=1S/C22H26N2O4S/c1-2-12-27-20-11-4-3-10-19(20)21(25)24-22(29)23-16-7-5-8-17(14-16)28-15-18-9-6-13-26-18/h3-5,7-8,10-11,14,18H,2,6,9,12-13,15H2,1H3,(H2,23,24,25,29). The topological polar surface area (TPSA) is 68.8 Å². The van der Waals surface area contributed by atoms with E-state index in [1.54, 1.807) is 18.2 Å². The molecule has 7 heteroatoms. The van der Waals surface area contributed by atoms with Crippen molar-refractivity contribution in [3.63, 3.8) is 0 Å². The minimum absolute atomic E-state index is 0.155. The van der Waals surface area contributed by atoms with Gasteiger partial charge in [-0.25, -0.2) is 0 Å². The van der Waals surface area contributed by atoms with Crippen molar-refractivity contribution in [3.05, 3.63) is 54.1 Å². The first-order valence-corrected chi connectivity index (χ1v) is 10.2. The van der Waals surface area contributed by atoms with E-state index in [2.05, 4.69) is 10.6 Å². The Labute approximate surface area is 176 Å². The fraction of sp³-hybridized carbons (Fsp3) is 0.364. The van der Waals surface area contributed by atoms with Gasteiger partial charge in [-0.3, -0.25) is 10.1 Å². The predicted octanol–water partition coefficient (Wildman–Crippen LogP) is 4.16. The smallest absolute Gasteiger partial charge is 0.261 e. The molecule has 1 atom stereocenters. The Kier molecular flexibility index (Phi) is 7.84. The molecule has 0 bridgehead atoms. The van der Waals surface area contributed by atoms with Crippen LogP contribution in [0, 0.1) is 0 Å². The quantitative estimate of drug-likeness (QED) is 0.632. The summed E-state index contributed by atoms with van der Waals surface area (Å²) in [6.45, 7) is 3.89. The van der Waals surface area contributed by atoms with Crippen LogP contribution in [0.25, 0.3) is 0 Å². The Morgan fingerprint density at radius 3 is 2.86 bits per heavy atom. The van der Waals surface area contributed by atoms with Crippen LogP contribution in [0.3, 0.4) is 0 Å². The Bertz CT molecular complexity index is 837.